The van der Waals surface area contributed by atoms with Gasteiger partial charge in [-0.05, 0) is 20.8 Å². The van der Waals surface area contributed by atoms with Gasteiger partial charge in [-0.3, -0.25) is 4.79 Å². The molecule has 0 bridgehead atoms. The zero-order valence-corrected chi connectivity index (χ0v) is 14.1. The van der Waals surface area contributed by atoms with E-state index < -0.39 is 24.3 Å². The van der Waals surface area contributed by atoms with E-state index in [9.17, 15) is 19.6 Å². The fraction of sp³-hybridized carbons (Fsp3) is 0.294. The molecule has 0 aliphatic carbocycles. The lowest BCUT2D eigenvalue weighted by atomic mass is 10.1. The van der Waals surface area contributed by atoms with E-state index in [1.54, 1.807) is 20.8 Å². The summed E-state index contributed by atoms with van der Waals surface area (Å²) in [4.78, 5) is 39.3. The molecule has 25 heavy (non-hydrogen) atoms. The molecule has 132 valence electrons. The normalized spacial score (nSPS) is 10.4. The van der Waals surface area contributed by atoms with E-state index in [1.165, 1.54) is 12.1 Å². The number of ketones is 1. The zero-order valence-electron chi connectivity index (χ0n) is 14.1. The van der Waals surface area contributed by atoms with Gasteiger partial charge in [0.15, 0.2) is 19.0 Å². The van der Waals surface area contributed by atoms with E-state index in [4.69, 9.17) is 9.47 Å². The monoisotopic (exact) mass is 346 g/mol. The molecule has 0 aliphatic heterocycles. The largest absolute Gasteiger partial charge is 0.619 e. The maximum Gasteiger partial charge on any atom is 0.340 e. The van der Waals surface area contributed by atoms with Gasteiger partial charge in [0.05, 0.1) is 23.3 Å². The van der Waals surface area contributed by atoms with Gasteiger partial charge in [-0.25, -0.2) is 9.59 Å². The van der Waals surface area contributed by atoms with Crippen LogP contribution in [0.1, 0.15) is 49.4 Å². The van der Waals surface area contributed by atoms with Crippen LogP contribution in [-0.4, -0.2) is 35.9 Å². The molecule has 0 aliphatic rings. The van der Waals surface area contributed by atoms with E-state index in [0.29, 0.717) is 16.1 Å². The molecule has 0 saturated carbocycles. The van der Waals surface area contributed by atoms with Crippen LogP contribution in [0.15, 0.2) is 24.5 Å². The van der Waals surface area contributed by atoms with E-state index in [1.807, 2.05) is 0 Å². The van der Waals surface area contributed by atoms with Crippen LogP contribution in [0.25, 0.3) is 0 Å². The van der Waals surface area contributed by atoms with Crippen molar-refractivity contribution in [2.24, 2.45) is 0 Å². The molecule has 2 aromatic heterocycles. The lowest BCUT2D eigenvalue weighted by Crippen LogP contribution is -2.25. The van der Waals surface area contributed by atoms with Gasteiger partial charge in [0, 0.05) is 23.5 Å². The van der Waals surface area contributed by atoms with Crippen LogP contribution >= 0.6 is 0 Å². The Hall–Kier alpha value is -3.16. The number of hydrogen-bond donors (Lipinski definition) is 1. The first-order chi connectivity index (χ1) is 11.8. The van der Waals surface area contributed by atoms with Crippen LogP contribution in [0.4, 0.5) is 0 Å². The molecule has 0 unspecified atom stereocenters. The van der Waals surface area contributed by atoms with Gasteiger partial charge < -0.3 is 19.7 Å². The smallest absolute Gasteiger partial charge is 0.340 e. The summed E-state index contributed by atoms with van der Waals surface area (Å²) in [6.45, 7) is 4.62. The average Bonchev–Trinajstić information content (AvgIpc) is 2.87. The van der Waals surface area contributed by atoms with Crippen molar-refractivity contribution in [2.75, 3.05) is 13.2 Å². The van der Waals surface area contributed by atoms with Gasteiger partial charge >= 0.3 is 11.9 Å². The Morgan fingerprint density at radius 1 is 1.04 bits per heavy atom. The summed E-state index contributed by atoms with van der Waals surface area (Å²) in [5.74, 6) is -1.87. The summed E-state index contributed by atoms with van der Waals surface area (Å²) in [6.07, 6.45) is 2.30. The molecule has 0 spiro atoms. The van der Waals surface area contributed by atoms with Gasteiger partial charge in [0.2, 0.25) is 5.78 Å². The first kappa shape index (κ1) is 18.2. The van der Waals surface area contributed by atoms with Gasteiger partial charge in [0.1, 0.15) is 0 Å². The van der Waals surface area contributed by atoms with E-state index in [-0.39, 0.29) is 23.3 Å². The van der Waals surface area contributed by atoms with Crippen LogP contribution in [0.2, 0.25) is 0 Å². The summed E-state index contributed by atoms with van der Waals surface area (Å²) >= 11 is 0. The van der Waals surface area contributed by atoms with Crippen molar-refractivity contribution in [3.05, 3.63) is 57.8 Å². The first-order valence-electron chi connectivity index (χ1n) is 7.60. The molecule has 0 aromatic carbocycles. The highest BCUT2D eigenvalue weighted by Crippen LogP contribution is 2.20. The van der Waals surface area contributed by atoms with E-state index in [0.717, 1.165) is 12.4 Å². The summed E-state index contributed by atoms with van der Waals surface area (Å²) in [6, 6.07) is 2.57. The van der Waals surface area contributed by atoms with Crippen LogP contribution in [0.5, 0.6) is 0 Å². The van der Waals surface area contributed by atoms with Crippen LogP contribution in [0.3, 0.4) is 0 Å². The number of nitrogens with one attached hydrogen (secondary N) is 1. The standard InChI is InChI=1S/C17H18N2O6/c1-4-24-17(22)15-11(3)18-10(2)14(15)13(20)9-25-16(21)12-5-7-19(23)8-6-12/h5-8,18H,4,9H2,1-3H3. The number of aromatic nitrogens is 2. The number of carbonyl (C=O) groups is 3. The number of nitrogens with zero attached hydrogens (tertiary/aromatic N) is 1. The summed E-state index contributed by atoms with van der Waals surface area (Å²) in [5, 5.41) is 11.0. The summed E-state index contributed by atoms with van der Waals surface area (Å²) in [5.41, 5.74) is 1.44. The molecular formula is C17H18N2O6. The fourth-order valence-electron chi connectivity index (χ4n) is 2.42. The predicted octanol–water partition coefficient (Wildman–Crippen LogP) is 1.48. The number of pyridine rings is 1. The van der Waals surface area contributed by atoms with Crippen molar-refractivity contribution in [3.63, 3.8) is 0 Å². The Labute approximate surface area is 144 Å². The number of aryl methyl sites for hydroxylation is 2. The highest BCUT2D eigenvalue weighted by atomic mass is 16.5. The third-order valence-electron chi connectivity index (χ3n) is 3.51. The quantitative estimate of drug-likeness (QED) is 0.367. The molecule has 2 rings (SSSR count). The Morgan fingerprint density at radius 3 is 2.24 bits per heavy atom. The Morgan fingerprint density at radius 2 is 1.64 bits per heavy atom. The van der Waals surface area contributed by atoms with Crippen molar-refractivity contribution in [3.8, 4) is 0 Å². The number of aromatic amines is 1. The van der Waals surface area contributed by atoms with E-state index >= 15 is 0 Å². The van der Waals surface area contributed by atoms with E-state index in [2.05, 4.69) is 4.98 Å². The van der Waals surface area contributed by atoms with Gasteiger partial charge in [-0.2, -0.15) is 4.73 Å². The molecule has 2 aromatic rings. The molecular weight excluding hydrogens is 328 g/mol. The molecule has 0 saturated heterocycles. The lowest BCUT2D eigenvalue weighted by Gasteiger charge is -2.07. The number of Topliss-reactive ketones (excluding diaryl/α,β-unsaturated/α-hetero) is 1. The minimum atomic E-state index is -0.739. The molecule has 8 nitrogen and oxygen atoms in total. The van der Waals surface area contributed by atoms with Crippen LogP contribution in [-0.2, 0) is 9.47 Å². The third-order valence-corrected chi connectivity index (χ3v) is 3.51. The second-order valence-electron chi connectivity index (χ2n) is 5.29. The number of H-pyrrole nitrogens is 1. The molecule has 0 amide bonds. The Bertz CT molecular complexity index is 807. The summed E-state index contributed by atoms with van der Waals surface area (Å²) in [7, 11) is 0. The minimum absolute atomic E-state index is 0.146. The minimum Gasteiger partial charge on any atom is -0.619 e. The van der Waals surface area contributed by atoms with Crippen LogP contribution < -0.4 is 4.73 Å². The van der Waals surface area contributed by atoms with Crippen LogP contribution in [0, 0.1) is 19.1 Å². The number of ether oxygens (including phenoxy) is 2. The number of rotatable bonds is 6. The number of hydrogen-bond acceptors (Lipinski definition) is 6. The first-order valence-corrected chi connectivity index (χ1v) is 7.60. The molecule has 0 atom stereocenters. The fourth-order valence-corrected chi connectivity index (χ4v) is 2.42. The maximum absolute atomic E-state index is 12.4. The van der Waals surface area contributed by atoms with Crippen molar-refractivity contribution in [2.45, 2.75) is 20.8 Å². The number of esters is 2. The number of carbonyl (C=O) groups excluding carboxylic acids is 3. The van der Waals surface area contributed by atoms with Crippen molar-refractivity contribution >= 4 is 17.7 Å². The molecule has 0 radical (unpaired) electrons. The topological polar surface area (TPSA) is 112 Å². The second kappa shape index (κ2) is 7.61. The molecule has 1 N–H and O–H groups in total. The Kier molecular flexibility index (Phi) is 5.53. The zero-order chi connectivity index (χ0) is 18.6. The third kappa shape index (κ3) is 4.03. The second-order valence-corrected chi connectivity index (χ2v) is 5.29. The average molecular weight is 346 g/mol. The maximum atomic E-state index is 12.4. The van der Waals surface area contributed by atoms with Crippen molar-refractivity contribution in [1.82, 2.24) is 4.98 Å². The molecule has 0 fully saturated rings. The summed E-state index contributed by atoms with van der Waals surface area (Å²) < 4.78 is 10.5. The predicted molar refractivity (Wildman–Crippen MR) is 86.2 cm³/mol. The Balaban J connectivity index is 2.14. The van der Waals surface area contributed by atoms with Gasteiger partial charge in [-0.15, -0.1) is 0 Å². The highest BCUT2D eigenvalue weighted by Gasteiger charge is 2.26. The molecule has 8 heteroatoms. The van der Waals surface area contributed by atoms with Crippen molar-refractivity contribution in [1.29, 1.82) is 0 Å². The lowest BCUT2D eigenvalue weighted by molar-refractivity contribution is -0.605. The van der Waals surface area contributed by atoms with Crippen molar-refractivity contribution < 1.29 is 28.6 Å². The highest BCUT2D eigenvalue weighted by molar-refractivity contribution is 6.09. The SMILES string of the molecule is CCOC(=O)c1c(C)[nH]c(C)c1C(=O)COC(=O)c1cc[n+]([O-])cc1. The van der Waals surface area contributed by atoms with Gasteiger partial charge in [0.25, 0.3) is 0 Å². The molecule has 2 heterocycles. The van der Waals surface area contributed by atoms with Gasteiger partial charge in [-0.1, -0.05) is 0 Å².